The van der Waals surface area contributed by atoms with Crippen LogP contribution in [0.1, 0.15) is 12.6 Å². The molecule has 0 aliphatic rings. The first-order valence-electron chi connectivity index (χ1n) is 6.88. The number of ether oxygens (including phenoxy) is 1. The Morgan fingerprint density at radius 3 is 2.75 bits per heavy atom. The van der Waals surface area contributed by atoms with Gasteiger partial charge in [0.15, 0.2) is 6.10 Å². The van der Waals surface area contributed by atoms with Crippen LogP contribution in [0, 0.1) is 12.7 Å². The Morgan fingerprint density at radius 2 is 2.17 bits per heavy atom. The van der Waals surface area contributed by atoms with Crippen molar-refractivity contribution in [2.24, 2.45) is 0 Å². The number of thiazole rings is 1. The Kier molecular flexibility index (Phi) is 5.74. The van der Waals surface area contributed by atoms with Gasteiger partial charge in [-0.1, -0.05) is 22.9 Å². The number of benzene rings is 1. The van der Waals surface area contributed by atoms with Crippen LogP contribution < -0.4 is 10.2 Å². The number of aromatic nitrogens is 1. The van der Waals surface area contributed by atoms with Crippen LogP contribution in [-0.4, -0.2) is 22.5 Å². The van der Waals surface area contributed by atoms with Gasteiger partial charge in [-0.05, 0) is 32.0 Å². The lowest BCUT2D eigenvalue weighted by atomic mass is 10.3. The highest BCUT2D eigenvalue weighted by Gasteiger charge is 2.20. The van der Waals surface area contributed by atoms with Crippen LogP contribution in [0.4, 0.5) is 10.1 Å². The number of anilines is 1. The summed E-state index contributed by atoms with van der Waals surface area (Å²) in [7, 11) is 0. The molecule has 2 aromatic rings. The largest absolute Gasteiger partial charge is 0.451 e. The molecule has 1 aromatic heterocycles. The predicted octanol–water partition coefficient (Wildman–Crippen LogP) is 2.58. The van der Waals surface area contributed by atoms with Crippen molar-refractivity contribution in [2.45, 2.75) is 26.5 Å². The van der Waals surface area contributed by atoms with E-state index < -0.39 is 23.8 Å². The molecule has 1 N–H and O–H groups in total. The number of aryl methyl sites for hydroxylation is 1. The van der Waals surface area contributed by atoms with E-state index in [1.807, 2.05) is 0 Å². The van der Waals surface area contributed by atoms with E-state index in [1.165, 1.54) is 23.6 Å². The molecule has 0 fully saturated rings. The molecule has 0 radical (unpaired) electrons. The number of hydrogen-bond donors (Lipinski definition) is 1. The maximum Gasteiger partial charge on any atom is 0.326 e. The average Bonchev–Trinajstić information content (AvgIpc) is 2.81. The summed E-state index contributed by atoms with van der Waals surface area (Å²) in [4.78, 5) is 35.1. The molecule has 24 heavy (non-hydrogen) atoms. The molecule has 0 saturated heterocycles. The van der Waals surface area contributed by atoms with Gasteiger partial charge in [0.2, 0.25) is 0 Å². The second-order valence-corrected chi connectivity index (χ2v) is 6.23. The molecule has 1 aromatic carbocycles. The molecule has 6 nitrogen and oxygen atoms in total. The minimum absolute atomic E-state index is 0.0720. The summed E-state index contributed by atoms with van der Waals surface area (Å²) in [6.45, 7) is 2.75. The Balaban J connectivity index is 1.96. The molecule has 0 bridgehead atoms. The lowest BCUT2D eigenvalue weighted by molar-refractivity contribution is -0.153. The Bertz CT molecular complexity index is 833. The maximum atomic E-state index is 13.6. The van der Waals surface area contributed by atoms with Gasteiger partial charge in [0.25, 0.3) is 5.91 Å². The summed E-state index contributed by atoms with van der Waals surface area (Å²) in [6, 6.07) is 3.78. The molecule has 0 aliphatic heterocycles. The summed E-state index contributed by atoms with van der Waals surface area (Å²) in [5, 5.41) is 4.12. The molecular formula is C15H14ClFN2O4S. The van der Waals surface area contributed by atoms with Gasteiger partial charge in [0.05, 0.1) is 5.69 Å². The maximum absolute atomic E-state index is 13.6. The molecule has 0 saturated carbocycles. The van der Waals surface area contributed by atoms with Gasteiger partial charge in [-0.25, -0.2) is 4.39 Å². The lowest BCUT2D eigenvalue weighted by Gasteiger charge is -2.14. The van der Waals surface area contributed by atoms with Gasteiger partial charge in [-0.2, -0.15) is 0 Å². The molecule has 1 amide bonds. The summed E-state index contributed by atoms with van der Waals surface area (Å²) >= 11 is 6.60. The van der Waals surface area contributed by atoms with Crippen LogP contribution in [0.15, 0.2) is 28.4 Å². The van der Waals surface area contributed by atoms with Crippen LogP contribution in [-0.2, 0) is 20.9 Å². The predicted molar refractivity (Wildman–Crippen MR) is 88.9 cm³/mol. The molecular weight excluding hydrogens is 359 g/mol. The number of rotatable bonds is 5. The van der Waals surface area contributed by atoms with Crippen molar-refractivity contribution in [3.05, 3.63) is 49.8 Å². The molecule has 0 aliphatic carbocycles. The van der Waals surface area contributed by atoms with E-state index in [-0.39, 0.29) is 22.1 Å². The third kappa shape index (κ3) is 4.42. The van der Waals surface area contributed by atoms with Gasteiger partial charge in [0, 0.05) is 16.1 Å². The number of carbonyl (C=O) groups excluding carboxylic acids is 2. The van der Waals surface area contributed by atoms with E-state index in [9.17, 15) is 18.8 Å². The number of hydrogen-bond acceptors (Lipinski definition) is 5. The van der Waals surface area contributed by atoms with E-state index in [4.69, 9.17) is 16.3 Å². The highest BCUT2D eigenvalue weighted by Crippen LogP contribution is 2.19. The van der Waals surface area contributed by atoms with Crippen molar-refractivity contribution in [3.63, 3.8) is 0 Å². The van der Waals surface area contributed by atoms with Gasteiger partial charge in [0.1, 0.15) is 12.4 Å². The highest BCUT2D eigenvalue weighted by molar-refractivity contribution is 7.07. The van der Waals surface area contributed by atoms with Crippen molar-refractivity contribution >= 4 is 40.5 Å². The van der Waals surface area contributed by atoms with Crippen molar-refractivity contribution in [1.29, 1.82) is 0 Å². The molecule has 0 unspecified atom stereocenters. The number of nitrogens with one attached hydrogen (secondary N) is 1. The standard InChI is InChI=1S/C15H14ClFN2O4S/c1-8-7-24-15(22)19(8)6-13(20)23-9(2)14(21)18-12-4-3-10(16)5-11(12)17/h3-5,7,9H,6H2,1-2H3,(H,18,21)/t9-/m1/s1. The van der Waals surface area contributed by atoms with Gasteiger partial charge in [-0.3, -0.25) is 19.0 Å². The molecule has 9 heteroatoms. The van der Waals surface area contributed by atoms with Crippen LogP contribution in [0.25, 0.3) is 0 Å². The van der Waals surface area contributed by atoms with Crippen molar-refractivity contribution in [2.75, 3.05) is 5.32 Å². The first-order chi connectivity index (χ1) is 11.3. The van der Waals surface area contributed by atoms with E-state index in [2.05, 4.69) is 5.32 Å². The minimum atomic E-state index is -1.15. The zero-order valence-electron chi connectivity index (χ0n) is 12.8. The van der Waals surface area contributed by atoms with E-state index >= 15 is 0 Å². The second-order valence-electron chi connectivity index (χ2n) is 4.97. The fraction of sp³-hybridized carbons (Fsp3) is 0.267. The Morgan fingerprint density at radius 1 is 1.46 bits per heavy atom. The van der Waals surface area contributed by atoms with Crippen molar-refractivity contribution in [1.82, 2.24) is 4.57 Å². The molecule has 0 spiro atoms. The molecule has 1 atom stereocenters. The fourth-order valence-electron chi connectivity index (χ4n) is 1.84. The quantitative estimate of drug-likeness (QED) is 0.818. The zero-order valence-corrected chi connectivity index (χ0v) is 14.4. The number of carbonyl (C=O) groups is 2. The number of halogens is 2. The summed E-state index contributed by atoms with van der Waals surface area (Å²) in [5.41, 5.74) is 0.555. The van der Waals surface area contributed by atoms with Gasteiger partial charge in [-0.15, -0.1) is 0 Å². The van der Waals surface area contributed by atoms with E-state index in [1.54, 1.807) is 12.3 Å². The number of nitrogens with zero attached hydrogens (tertiary/aromatic N) is 1. The van der Waals surface area contributed by atoms with Crippen LogP contribution >= 0.6 is 22.9 Å². The first-order valence-corrected chi connectivity index (χ1v) is 8.14. The minimum Gasteiger partial charge on any atom is -0.451 e. The zero-order chi connectivity index (χ0) is 17.9. The molecule has 128 valence electrons. The van der Waals surface area contributed by atoms with Gasteiger partial charge >= 0.3 is 10.8 Å². The van der Waals surface area contributed by atoms with E-state index in [0.717, 1.165) is 17.4 Å². The Labute approximate surface area is 145 Å². The summed E-state index contributed by atoms with van der Waals surface area (Å²) in [6.07, 6.45) is -1.15. The lowest BCUT2D eigenvalue weighted by Crippen LogP contribution is -2.32. The first kappa shape index (κ1) is 18.2. The van der Waals surface area contributed by atoms with Crippen LogP contribution in [0.3, 0.4) is 0 Å². The normalized spacial score (nSPS) is 11.8. The van der Waals surface area contributed by atoms with Crippen molar-refractivity contribution < 1.29 is 18.7 Å². The third-order valence-corrected chi connectivity index (χ3v) is 4.25. The number of amides is 1. The topological polar surface area (TPSA) is 77.4 Å². The fourth-order valence-corrected chi connectivity index (χ4v) is 2.73. The molecule has 2 rings (SSSR count). The third-order valence-electron chi connectivity index (χ3n) is 3.13. The SMILES string of the molecule is Cc1csc(=O)n1CC(=O)O[C@H](C)C(=O)Nc1ccc(Cl)cc1F. The second kappa shape index (κ2) is 7.59. The highest BCUT2D eigenvalue weighted by atomic mass is 35.5. The van der Waals surface area contributed by atoms with Crippen LogP contribution in [0.5, 0.6) is 0 Å². The molecule has 1 heterocycles. The smallest absolute Gasteiger partial charge is 0.326 e. The average molecular weight is 373 g/mol. The number of esters is 1. The van der Waals surface area contributed by atoms with Gasteiger partial charge < -0.3 is 10.1 Å². The Hall–Kier alpha value is -2.19. The monoisotopic (exact) mass is 372 g/mol. The van der Waals surface area contributed by atoms with E-state index in [0.29, 0.717) is 5.69 Å². The summed E-state index contributed by atoms with van der Waals surface area (Å²) in [5.74, 6) is -2.13. The van der Waals surface area contributed by atoms with Crippen LogP contribution in [0.2, 0.25) is 5.02 Å². The summed E-state index contributed by atoms with van der Waals surface area (Å²) < 4.78 is 19.9. The van der Waals surface area contributed by atoms with Crippen molar-refractivity contribution in [3.8, 4) is 0 Å².